The third kappa shape index (κ3) is 6.88. The summed E-state index contributed by atoms with van der Waals surface area (Å²) in [4.78, 5) is -2.04. The maximum atomic E-state index is 12.3. The van der Waals surface area contributed by atoms with Crippen LogP contribution in [0.2, 0.25) is 0 Å². The van der Waals surface area contributed by atoms with E-state index in [1.54, 1.807) is 6.07 Å². The van der Waals surface area contributed by atoms with Crippen molar-refractivity contribution in [2.45, 2.75) is 14.7 Å². The molecule has 0 saturated carbocycles. The van der Waals surface area contributed by atoms with E-state index in [1.807, 2.05) is 0 Å². The van der Waals surface area contributed by atoms with Crippen LogP contribution in [-0.4, -0.2) is 34.4 Å². The van der Waals surface area contributed by atoms with Gasteiger partial charge in [0.1, 0.15) is 30.9 Å². The second-order valence-corrected chi connectivity index (χ2v) is 9.84. The molecule has 3 rings (SSSR count). The van der Waals surface area contributed by atoms with E-state index in [0.717, 1.165) is 24.3 Å². The van der Waals surface area contributed by atoms with E-state index in [2.05, 4.69) is 0 Å². The van der Waals surface area contributed by atoms with Crippen LogP contribution in [0.15, 0.2) is 75.4 Å². The molecule has 3 aromatic rings. The molecule has 0 atom stereocenters. The predicted molar refractivity (Wildman–Crippen MR) is 94.1 cm³/mol. The summed E-state index contributed by atoms with van der Waals surface area (Å²) in [6.45, 7) is 0. The predicted octanol–water partition coefficient (Wildman–Crippen LogP) is -4.58. The van der Waals surface area contributed by atoms with Gasteiger partial charge >= 0.3 is 113 Å². The van der Waals surface area contributed by atoms with Crippen LogP contribution in [0, 0.1) is 0 Å². The first-order chi connectivity index (χ1) is 12.9. The first-order valence-corrected chi connectivity index (χ1v) is 11.6. The number of fused-ring (bicyclic) bond motifs is 1. The number of hydrogen-bond acceptors (Lipinski definition) is 9. The Balaban J connectivity index is 0.00000225. The van der Waals surface area contributed by atoms with Gasteiger partial charge in [0.05, 0.1) is 9.79 Å². The Bertz CT molecular complexity index is 1390. The third-order valence-corrected chi connectivity index (χ3v) is 6.61. The molecule has 0 heterocycles. The van der Waals surface area contributed by atoms with E-state index in [4.69, 9.17) is 4.18 Å². The van der Waals surface area contributed by atoms with Crippen molar-refractivity contribution in [3.63, 3.8) is 0 Å². The first kappa shape index (κ1) is 28.8. The molecule has 14 heteroatoms. The second kappa shape index (κ2) is 10.8. The summed E-state index contributed by atoms with van der Waals surface area (Å²) in [5.41, 5.74) is 0. The van der Waals surface area contributed by atoms with Crippen LogP contribution < -0.4 is 107 Å². The molecule has 148 valence electrons. The van der Waals surface area contributed by atoms with E-state index in [0.29, 0.717) is 6.07 Å². The largest absolute Gasteiger partial charge is 1.00 e. The number of rotatable bonds is 5. The molecule has 0 N–H and O–H groups in total. The van der Waals surface area contributed by atoms with Gasteiger partial charge < -0.3 is 13.3 Å². The van der Waals surface area contributed by atoms with Gasteiger partial charge in [0, 0.05) is 5.39 Å². The molecule has 0 saturated heterocycles. The van der Waals surface area contributed by atoms with Gasteiger partial charge in [0.2, 0.25) is 0 Å². The molecule has 0 unspecified atom stereocenters. The van der Waals surface area contributed by atoms with Crippen LogP contribution in [0.1, 0.15) is 0 Å². The van der Waals surface area contributed by atoms with Crippen LogP contribution in [-0.2, 0) is 30.4 Å². The van der Waals surface area contributed by atoms with Gasteiger partial charge in [-0.15, -0.1) is 0 Å². The van der Waals surface area contributed by atoms with Crippen LogP contribution in [0.5, 0.6) is 5.75 Å². The monoisotopic (exact) mass is 520 g/mol. The smallest absolute Gasteiger partial charge is 0.744 e. The summed E-state index contributed by atoms with van der Waals surface area (Å²) in [6, 6.07) is 11.7. The maximum absolute atomic E-state index is 12.3. The quantitative estimate of drug-likeness (QED) is 0.183. The van der Waals surface area contributed by atoms with E-state index in [1.165, 1.54) is 24.3 Å². The fraction of sp³-hybridized carbons (Fsp3) is 0. The van der Waals surface area contributed by atoms with Gasteiger partial charge in [0.25, 0.3) is 0 Å². The minimum Gasteiger partial charge on any atom is -0.744 e. The Kier molecular flexibility index (Phi) is 10.4. The second-order valence-electron chi connectivity index (χ2n) is 5.56. The topological polar surface area (TPSA) is 158 Å². The van der Waals surface area contributed by atoms with Crippen LogP contribution >= 0.6 is 0 Å². The maximum Gasteiger partial charge on any atom is 1.00 e. The van der Waals surface area contributed by atoms with E-state index in [-0.39, 0.29) is 124 Å². The molecule has 0 radical (unpaired) electrons. The van der Waals surface area contributed by atoms with Crippen molar-refractivity contribution in [2.24, 2.45) is 0 Å². The van der Waals surface area contributed by atoms with Gasteiger partial charge in [-0.25, -0.2) is 16.8 Å². The standard InChI is InChI=1S/C16H12O9S3.2K/c17-26(18,19)14-8-11-6-7-12(9-15(11)16(10-14)27(20,21)22)25-28(23,24)13-4-2-1-3-5-13;;/h1-10H,(H,17,18,19)(H,20,21,22);;/q;2*+1/p-2. The Morgan fingerprint density at radius 2 is 1.27 bits per heavy atom. The summed E-state index contributed by atoms with van der Waals surface area (Å²) >= 11 is 0. The van der Waals surface area contributed by atoms with Crippen LogP contribution in [0.3, 0.4) is 0 Å². The SMILES string of the molecule is O=S(=O)([O-])c1cc(S(=O)(=O)[O-])c2cc(OS(=O)(=O)c3ccccc3)ccc2c1.[K+].[K+]. The zero-order valence-corrected chi connectivity index (χ0v) is 24.4. The molecule has 0 fully saturated rings. The van der Waals surface area contributed by atoms with Gasteiger partial charge in [-0.05, 0) is 41.8 Å². The molecule has 9 nitrogen and oxygen atoms in total. The zero-order valence-electron chi connectivity index (χ0n) is 15.7. The average molecular weight is 521 g/mol. The third-order valence-electron chi connectivity index (χ3n) is 3.66. The normalized spacial score (nSPS) is 11.9. The molecule has 3 aromatic carbocycles. The summed E-state index contributed by atoms with van der Waals surface area (Å²) < 4.78 is 97.8. The Hall–Kier alpha value is 0.763. The average Bonchev–Trinajstić information content (AvgIpc) is 2.59. The van der Waals surface area contributed by atoms with Crippen molar-refractivity contribution < 1.29 is 141 Å². The van der Waals surface area contributed by atoms with E-state index in [9.17, 15) is 34.4 Å². The molecule has 0 aliphatic carbocycles. The van der Waals surface area contributed by atoms with Crippen molar-refractivity contribution >= 4 is 41.1 Å². The van der Waals surface area contributed by atoms with Crippen molar-refractivity contribution in [3.05, 3.63) is 60.7 Å². The van der Waals surface area contributed by atoms with Gasteiger partial charge in [-0.2, -0.15) is 8.42 Å². The number of benzene rings is 3. The van der Waals surface area contributed by atoms with E-state index < -0.39 is 40.1 Å². The molecular weight excluding hydrogens is 511 g/mol. The Labute approximate surface area is 258 Å². The minimum absolute atomic E-state index is 0. The van der Waals surface area contributed by atoms with Crippen molar-refractivity contribution in [1.82, 2.24) is 0 Å². The summed E-state index contributed by atoms with van der Waals surface area (Å²) in [7, 11) is -14.5. The molecule has 0 spiro atoms. The van der Waals surface area contributed by atoms with Crippen LogP contribution in [0.4, 0.5) is 0 Å². The molecule has 0 amide bonds. The molecule has 0 aromatic heterocycles. The fourth-order valence-corrected chi connectivity index (χ4v) is 4.71. The fourth-order valence-electron chi connectivity index (χ4n) is 2.44. The zero-order chi connectivity index (χ0) is 20.7. The van der Waals surface area contributed by atoms with Gasteiger partial charge in [-0.3, -0.25) is 0 Å². The van der Waals surface area contributed by atoms with Crippen molar-refractivity contribution in [3.8, 4) is 5.75 Å². The van der Waals surface area contributed by atoms with E-state index >= 15 is 0 Å². The van der Waals surface area contributed by atoms with Gasteiger partial charge in [-0.1, -0.05) is 24.3 Å². The molecule has 0 aliphatic heterocycles. The Morgan fingerprint density at radius 1 is 0.667 bits per heavy atom. The van der Waals surface area contributed by atoms with Gasteiger partial charge in [0.15, 0.2) is 0 Å². The van der Waals surface area contributed by atoms with Crippen molar-refractivity contribution in [1.29, 1.82) is 0 Å². The summed E-state index contributed by atoms with van der Waals surface area (Å²) in [5, 5.41) is -0.362. The number of hydrogen-bond donors (Lipinski definition) is 0. The minimum atomic E-state index is -5.18. The molecule has 0 bridgehead atoms. The Morgan fingerprint density at radius 3 is 1.80 bits per heavy atom. The molecular formula is C16H10K2O9S3. The molecule has 0 aliphatic rings. The first-order valence-electron chi connectivity index (χ1n) is 7.37. The summed E-state index contributed by atoms with van der Waals surface area (Å²) in [5.74, 6) is -0.306. The van der Waals surface area contributed by atoms with Crippen LogP contribution in [0.25, 0.3) is 10.8 Å². The summed E-state index contributed by atoms with van der Waals surface area (Å²) in [6.07, 6.45) is 0. The molecule has 30 heavy (non-hydrogen) atoms. The van der Waals surface area contributed by atoms with Crippen molar-refractivity contribution in [2.75, 3.05) is 0 Å².